The molecule has 1 aromatic heterocycles. The zero-order valence-electron chi connectivity index (χ0n) is 27.3. The van der Waals surface area contributed by atoms with E-state index in [1.165, 1.54) is 11.3 Å². The Morgan fingerprint density at radius 2 is 1.47 bits per heavy atom. The summed E-state index contributed by atoms with van der Waals surface area (Å²) < 4.78 is 29.9. The minimum Gasteiger partial charge on any atom is -0.465 e. The van der Waals surface area contributed by atoms with Gasteiger partial charge in [-0.1, -0.05) is 19.9 Å². The molecule has 1 aromatic carbocycles. The molecule has 2 saturated carbocycles. The lowest BCUT2D eigenvalue weighted by Gasteiger charge is -2.28. The predicted octanol–water partition coefficient (Wildman–Crippen LogP) is 8.34. The van der Waals surface area contributed by atoms with Gasteiger partial charge in [0.05, 0.1) is 44.3 Å². The van der Waals surface area contributed by atoms with Crippen molar-refractivity contribution in [1.29, 1.82) is 0 Å². The Morgan fingerprint density at radius 3 is 2.13 bits per heavy atom. The average molecular weight is 783 g/mol. The summed E-state index contributed by atoms with van der Waals surface area (Å²) in [5, 5.41) is 0.727. The first-order valence-corrected chi connectivity index (χ1v) is 18.9. The van der Waals surface area contributed by atoms with Gasteiger partial charge in [0.1, 0.15) is 11.9 Å². The van der Waals surface area contributed by atoms with Gasteiger partial charge < -0.3 is 23.7 Å². The minimum atomic E-state index is -0.415. The number of carbonyl (C=O) groups is 4. The summed E-state index contributed by atoms with van der Waals surface area (Å²) in [5.74, 6) is -1.36. The van der Waals surface area contributed by atoms with Crippen LogP contribution in [-0.2, 0) is 33.3 Å². The van der Waals surface area contributed by atoms with Crippen molar-refractivity contribution in [2.75, 3.05) is 19.8 Å². The van der Waals surface area contributed by atoms with Crippen molar-refractivity contribution in [3.63, 3.8) is 0 Å². The number of unbranched alkanes of at least 4 members (excludes halogenated alkanes) is 4. The molecule has 4 rings (SSSR count). The van der Waals surface area contributed by atoms with E-state index in [1.807, 2.05) is 6.07 Å². The van der Waals surface area contributed by atoms with Gasteiger partial charge in [-0.15, -0.1) is 11.3 Å². The number of hydrogen-bond acceptors (Lipinski definition) is 10. The Kier molecular flexibility index (Phi) is 15.5. The van der Waals surface area contributed by atoms with E-state index in [1.54, 1.807) is 12.1 Å². The highest BCUT2D eigenvalue weighted by molar-refractivity contribution is 14.1. The molecule has 2 aliphatic rings. The molecule has 0 aliphatic heterocycles. The van der Waals surface area contributed by atoms with Gasteiger partial charge in [-0.25, -0.2) is 9.59 Å². The topological polar surface area (TPSA) is 114 Å². The molecule has 0 N–H and O–H groups in total. The van der Waals surface area contributed by atoms with Crippen molar-refractivity contribution in [1.82, 2.24) is 0 Å². The SMILES string of the molecule is C=CC(=O)OCCCCCCOC(=O)C1CCC(C(=O)Oc2ccc(C(=O)OC3CCC(OCCCC)CC3)c3sc(I)cc23)CC1. The second-order valence-electron chi connectivity index (χ2n) is 12.4. The van der Waals surface area contributed by atoms with Crippen LogP contribution in [0.4, 0.5) is 0 Å². The van der Waals surface area contributed by atoms with Gasteiger partial charge in [0.15, 0.2) is 0 Å². The fourth-order valence-electron chi connectivity index (χ4n) is 6.08. The van der Waals surface area contributed by atoms with Crippen molar-refractivity contribution in [3.8, 4) is 5.75 Å². The van der Waals surface area contributed by atoms with E-state index in [0.717, 1.165) is 89.9 Å². The first kappa shape index (κ1) is 37.3. The highest BCUT2D eigenvalue weighted by atomic mass is 127. The maximum Gasteiger partial charge on any atom is 0.339 e. The molecular formula is C36H47IO9S. The molecule has 0 radical (unpaired) electrons. The van der Waals surface area contributed by atoms with Crippen LogP contribution in [0.3, 0.4) is 0 Å². The van der Waals surface area contributed by atoms with Crippen molar-refractivity contribution >= 4 is 67.9 Å². The molecule has 0 saturated heterocycles. The van der Waals surface area contributed by atoms with Crippen LogP contribution in [0.2, 0.25) is 0 Å². The molecular weight excluding hydrogens is 735 g/mol. The third kappa shape index (κ3) is 11.6. The molecule has 11 heteroatoms. The van der Waals surface area contributed by atoms with Crippen molar-refractivity contribution in [3.05, 3.63) is 39.3 Å². The Balaban J connectivity index is 1.20. The summed E-state index contributed by atoms with van der Waals surface area (Å²) in [6, 6.07) is 5.32. The predicted molar refractivity (Wildman–Crippen MR) is 189 cm³/mol. The molecule has 1 heterocycles. The van der Waals surface area contributed by atoms with Crippen LogP contribution < -0.4 is 4.74 Å². The maximum absolute atomic E-state index is 13.2. The molecule has 2 aromatic rings. The molecule has 0 spiro atoms. The van der Waals surface area contributed by atoms with E-state index in [2.05, 4.69) is 36.1 Å². The lowest BCUT2D eigenvalue weighted by molar-refractivity contribution is -0.152. The highest BCUT2D eigenvalue weighted by Crippen LogP contribution is 2.38. The molecule has 2 aliphatic carbocycles. The minimum absolute atomic E-state index is 0.125. The third-order valence-corrected chi connectivity index (χ3v) is 10.8. The number of halogens is 1. The number of benzene rings is 1. The number of thiophene rings is 1. The maximum atomic E-state index is 13.2. The smallest absolute Gasteiger partial charge is 0.339 e. The average Bonchev–Trinajstić information content (AvgIpc) is 3.48. The molecule has 0 amide bonds. The second kappa shape index (κ2) is 19.5. The highest BCUT2D eigenvalue weighted by Gasteiger charge is 2.33. The lowest BCUT2D eigenvalue weighted by Crippen LogP contribution is -2.29. The van der Waals surface area contributed by atoms with E-state index >= 15 is 0 Å². The van der Waals surface area contributed by atoms with Crippen LogP contribution in [0.15, 0.2) is 30.9 Å². The first-order valence-electron chi connectivity index (χ1n) is 17.0. The Hall–Kier alpha value is -2.51. The summed E-state index contributed by atoms with van der Waals surface area (Å²) in [5.41, 5.74) is 0.488. The number of hydrogen-bond donors (Lipinski definition) is 0. The molecule has 47 heavy (non-hydrogen) atoms. The van der Waals surface area contributed by atoms with Gasteiger partial charge in [0.25, 0.3) is 0 Å². The molecule has 9 nitrogen and oxygen atoms in total. The Morgan fingerprint density at radius 1 is 0.830 bits per heavy atom. The lowest BCUT2D eigenvalue weighted by atomic mass is 9.82. The van der Waals surface area contributed by atoms with Gasteiger partial charge in [0, 0.05) is 18.1 Å². The molecule has 0 unspecified atom stereocenters. The number of fused-ring (bicyclic) bond motifs is 1. The summed E-state index contributed by atoms with van der Waals surface area (Å²) >= 11 is 3.69. The quantitative estimate of drug-likeness (QED) is 0.0390. The zero-order valence-corrected chi connectivity index (χ0v) is 30.3. The van der Waals surface area contributed by atoms with E-state index in [-0.39, 0.29) is 42.0 Å². The van der Waals surface area contributed by atoms with Gasteiger partial charge in [-0.2, -0.15) is 0 Å². The number of rotatable bonds is 17. The Bertz CT molecular complexity index is 1360. The van der Waals surface area contributed by atoms with E-state index in [9.17, 15) is 19.2 Å². The summed E-state index contributed by atoms with van der Waals surface area (Å²) in [7, 11) is 0. The largest absolute Gasteiger partial charge is 0.465 e. The van der Waals surface area contributed by atoms with Crippen LogP contribution in [0.25, 0.3) is 10.1 Å². The van der Waals surface area contributed by atoms with Crippen LogP contribution in [0.5, 0.6) is 5.75 Å². The number of ether oxygens (including phenoxy) is 5. The van der Waals surface area contributed by atoms with Gasteiger partial charge in [-0.3, -0.25) is 9.59 Å². The first-order chi connectivity index (χ1) is 22.8. The van der Waals surface area contributed by atoms with Gasteiger partial charge in [0.2, 0.25) is 0 Å². The molecule has 0 atom stereocenters. The monoisotopic (exact) mass is 782 g/mol. The van der Waals surface area contributed by atoms with Gasteiger partial charge in [-0.05, 0) is 124 Å². The number of esters is 4. The normalized spacial score (nSPS) is 21.1. The molecule has 258 valence electrons. The van der Waals surface area contributed by atoms with Crippen molar-refractivity contribution < 1.29 is 42.9 Å². The fourth-order valence-corrected chi connectivity index (χ4v) is 7.96. The van der Waals surface area contributed by atoms with E-state index < -0.39 is 5.97 Å². The van der Waals surface area contributed by atoms with Crippen LogP contribution in [0.1, 0.15) is 107 Å². The van der Waals surface area contributed by atoms with Crippen molar-refractivity contribution in [2.45, 2.75) is 109 Å². The summed E-state index contributed by atoms with van der Waals surface area (Å²) in [6.45, 7) is 7.03. The molecule has 2 fully saturated rings. The van der Waals surface area contributed by atoms with E-state index in [0.29, 0.717) is 50.2 Å². The molecule has 0 bridgehead atoms. The van der Waals surface area contributed by atoms with Crippen LogP contribution in [-0.4, -0.2) is 55.9 Å². The fraction of sp³-hybridized carbons (Fsp3) is 0.611. The standard InChI is InChI=1S/C36H47IO9S/c1-3-5-20-42-26-14-16-27(17-15-26)45-36(41)28-18-19-30(29-23-31(37)47-33(28)29)46-35(40)25-12-10-24(11-13-25)34(39)44-22-9-7-6-8-21-43-32(38)4-2/h4,18-19,23-27H,2-3,5-17,20-22H2,1H3. The van der Waals surface area contributed by atoms with Gasteiger partial charge >= 0.3 is 23.9 Å². The summed E-state index contributed by atoms with van der Waals surface area (Å²) in [4.78, 5) is 50.1. The van der Waals surface area contributed by atoms with Crippen LogP contribution >= 0.6 is 33.9 Å². The second-order valence-corrected chi connectivity index (χ2v) is 15.3. The van der Waals surface area contributed by atoms with Crippen LogP contribution in [0, 0.1) is 14.7 Å². The van der Waals surface area contributed by atoms with Crippen molar-refractivity contribution in [2.24, 2.45) is 11.8 Å². The zero-order chi connectivity index (χ0) is 33.6. The summed E-state index contributed by atoms with van der Waals surface area (Å²) in [6.07, 6.45) is 12.4. The number of carbonyl (C=O) groups excluding carboxylic acids is 4. The third-order valence-electron chi connectivity index (χ3n) is 8.88. The Labute approximate surface area is 295 Å². The van der Waals surface area contributed by atoms with E-state index in [4.69, 9.17) is 23.7 Å².